The lowest BCUT2D eigenvalue weighted by Crippen LogP contribution is -2.11. The Morgan fingerprint density at radius 3 is 2.62 bits per heavy atom. The van der Waals surface area contributed by atoms with Crippen molar-refractivity contribution in [3.05, 3.63) is 53.8 Å². The summed E-state index contributed by atoms with van der Waals surface area (Å²) in [6, 6.07) is 10.2. The van der Waals surface area contributed by atoms with E-state index in [-0.39, 0.29) is 0 Å². The first-order valence-electron chi connectivity index (χ1n) is 5.88. The number of aryl methyl sites for hydroxylation is 1. The van der Waals surface area contributed by atoms with E-state index >= 15 is 0 Å². The molecule has 1 aromatic carbocycles. The van der Waals surface area contributed by atoms with Gasteiger partial charge in [0.05, 0.1) is 6.10 Å². The molecule has 0 unspecified atom stereocenters. The maximum Gasteiger partial charge on any atom is 0.0826 e. The van der Waals surface area contributed by atoms with Crippen LogP contribution in [-0.2, 0) is 6.42 Å². The van der Waals surface area contributed by atoms with Gasteiger partial charge in [0.1, 0.15) is 0 Å². The molecule has 0 fully saturated rings. The quantitative estimate of drug-likeness (QED) is 0.722. The monoisotopic (exact) mass is 216 g/mol. The summed E-state index contributed by atoms with van der Waals surface area (Å²) in [4.78, 5) is 0. The minimum absolute atomic E-state index is 0.391. The van der Waals surface area contributed by atoms with Gasteiger partial charge in [0.2, 0.25) is 0 Å². The lowest BCUT2D eigenvalue weighted by Gasteiger charge is -2.12. The van der Waals surface area contributed by atoms with Gasteiger partial charge in [-0.05, 0) is 30.4 Å². The van der Waals surface area contributed by atoms with Gasteiger partial charge in [-0.1, -0.05) is 50.3 Å². The number of aliphatic hydroxyl groups excluding tert-OH is 1. The van der Waals surface area contributed by atoms with Crippen molar-refractivity contribution in [2.75, 3.05) is 0 Å². The topological polar surface area (TPSA) is 20.2 Å². The smallest absolute Gasteiger partial charge is 0.0826 e. The van der Waals surface area contributed by atoms with Crippen LogP contribution >= 0.6 is 0 Å². The van der Waals surface area contributed by atoms with E-state index in [9.17, 15) is 5.11 Å². The van der Waals surface area contributed by atoms with Gasteiger partial charge >= 0.3 is 0 Å². The molecule has 0 amide bonds. The zero-order valence-corrected chi connectivity index (χ0v) is 9.95. The van der Waals surface area contributed by atoms with Crippen molar-refractivity contribution in [3.8, 4) is 0 Å². The lowest BCUT2D eigenvalue weighted by molar-refractivity contribution is 0.196. The number of rotatable bonds is 6. The van der Waals surface area contributed by atoms with Crippen LogP contribution in [0.4, 0.5) is 0 Å². The van der Waals surface area contributed by atoms with Crippen LogP contribution in [0, 0.1) is 0 Å². The van der Waals surface area contributed by atoms with Crippen molar-refractivity contribution in [1.82, 2.24) is 0 Å². The Morgan fingerprint density at radius 2 is 2.06 bits per heavy atom. The number of hydrogen-bond acceptors (Lipinski definition) is 1. The van der Waals surface area contributed by atoms with Crippen LogP contribution in [0.2, 0.25) is 0 Å². The van der Waals surface area contributed by atoms with Gasteiger partial charge in [-0.15, -0.1) is 5.73 Å². The molecule has 0 bridgehead atoms. The van der Waals surface area contributed by atoms with Crippen molar-refractivity contribution >= 4 is 0 Å². The van der Waals surface area contributed by atoms with Crippen molar-refractivity contribution in [1.29, 1.82) is 0 Å². The molecule has 0 spiro atoms. The van der Waals surface area contributed by atoms with Crippen LogP contribution < -0.4 is 0 Å². The summed E-state index contributed by atoms with van der Waals surface area (Å²) < 4.78 is 0. The molecule has 1 heteroatoms. The first kappa shape index (κ1) is 12.8. The van der Waals surface area contributed by atoms with E-state index in [4.69, 9.17) is 0 Å². The Labute approximate surface area is 98.1 Å². The fraction of sp³-hybridized carbons (Fsp3) is 0.400. The standard InChI is InChI=1S/C15H20O/c1-3-8-14(4-2)15(16)12-11-13-9-6-5-7-10-13/h5-7,9-10,15-16H,2-3,8,11-12H2,1H3/t15-/m1/s1. The highest BCUT2D eigenvalue weighted by Gasteiger charge is 2.09. The molecule has 0 saturated heterocycles. The Balaban J connectivity index is 2.46. The molecule has 0 aliphatic carbocycles. The molecule has 1 aromatic rings. The molecule has 0 aliphatic heterocycles. The van der Waals surface area contributed by atoms with Crippen molar-refractivity contribution in [3.63, 3.8) is 0 Å². The molecule has 0 aromatic heterocycles. The van der Waals surface area contributed by atoms with Crippen LogP contribution in [0.5, 0.6) is 0 Å². The van der Waals surface area contributed by atoms with Crippen molar-refractivity contribution < 1.29 is 5.11 Å². The second-order valence-electron chi connectivity index (χ2n) is 3.99. The summed E-state index contributed by atoms with van der Waals surface area (Å²) in [5.41, 5.74) is 5.06. The fourth-order valence-electron chi connectivity index (χ4n) is 1.76. The zero-order valence-electron chi connectivity index (χ0n) is 9.95. The molecular formula is C15H20O. The summed E-state index contributed by atoms with van der Waals surface area (Å²) in [6.07, 6.45) is 3.18. The molecule has 1 atom stereocenters. The SMILES string of the molecule is C=C=C(CCC)[C@H](O)CCc1ccccc1. The first-order valence-corrected chi connectivity index (χ1v) is 5.88. The minimum Gasteiger partial charge on any atom is -0.388 e. The van der Waals surface area contributed by atoms with Gasteiger partial charge in [0.25, 0.3) is 0 Å². The van der Waals surface area contributed by atoms with Gasteiger partial charge in [-0.2, -0.15) is 0 Å². The average Bonchev–Trinajstić information content (AvgIpc) is 2.34. The maximum atomic E-state index is 9.96. The van der Waals surface area contributed by atoms with Crippen LogP contribution in [0.25, 0.3) is 0 Å². The van der Waals surface area contributed by atoms with E-state index in [0.29, 0.717) is 0 Å². The Kier molecular flexibility index (Phi) is 5.63. The van der Waals surface area contributed by atoms with E-state index in [2.05, 4.69) is 31.4 Å². The lowest BCUT2D eigenvalue weighted by atomic mass is 9.99. The minimum atomic E-state index is -0.391. The number of aliphatic hydroxyl groups is 1. The Bertz CT molecular complexity index is 347. The summed E-state index contributed by atoms with van der Waals surface area (Å²) >= 11 is 0. The first-order chi connectivity index (χ1) is 7.77. The number of benzene rings is 1. The third-order valence-corrected chi connectivity index (χ3v) is 2.70. The third kappa shape index (κ3) is 4.06. The van der Waals surface area contributed by atoms with Gasteiger partial charge in [0.15, 0.2) is 0 Å². The van der Waals surface area contributed by atoms with E-state index in [1.807, 2.05) is 18.2 Å². The van der Waals surface area contributed by atoms with E-state index in [1.165, 1.54) is 5.56 Å². The second kappa shape index (κ2) is 7.05. The molecule has 0 saturated carbocycles. The molecule has 0 radical (unpaired) electrons. The second-order valence-corrected chi connectivity index (χ2v) is 3.99. The molecule has 0 aliphatic rings. The predicted molar refractivity (Wildman–Crippen MR) is 68.3 cm³/mol. The van der Waals surface area contributed by atoms with Crippen LogP contribution in [-0.4, -0.2) is 11.2 Å². The van der Waals surface area contributed by atoms with Crippen LogP contribution in [0.15, 0.2) is 48.2 Å². The summed E-state index contributed by atoms with van der Waals surface area (Å²) in [5.74, 6) is 0. The highest BCUT2D eigenvalue weighted by Crippen LogP contribution is 2.14. The number of hydrogen-bond donors (Lipinski definition) is 1. The maximum absolute atomic E-state index is 9.96. The average molecular weight is 216 g/mol. The normalized spacial score (nSPS) is 11.9. The van der Waals surface area contributed by atoms with Gasteiger partial charge in [0, 0.05) is 0 Å². The molecule has 1 N–H and O–H groups in total. The van der Waals surface area contributed by atoms with Crippen molar-refractivity contribution in [2.24, 2.45) is 0 Å². The van der Waals surface area contributed by atoms with Crippen LogP contribution in [0.3, 0.4) is 0 Å². The van der Waals surface area contributed by atoms with Gasteiger partial charge in [-0.25, -0.2) is 0 Å². The predicted octanol–water partition coefficient (Wildman–Crippen LogP) is 3.49. The van der Waals surface area contributed by atoms with E-state index in [1.54, 1.807) is 0 Å². The molecular weight excluding hydrogens is 196 g/mol. The van der Waals surface area contributed by atoms with Crippen molar-refractivity contribution in [2.45, 2.75) is 38.7 Å². The molecule has 0 heterocycles. The van der Waals surface area contributed by atoms with Crippen LogP contribution in [0.1, 0.15) is 31.7 Å². The summed E-state index contributed by atoms with van der Waals surface area (Å²) in [6.45, 7) is 5.73. The zero-order chi connectivity index (χ0) is 11.8. The van der Waals surface area contributed by atoms with E-state index < -0.39 is 6.10 Å². The summed E-state index contributed by atoms with van der Waals surface area (Å²) in [7, 11) is 0. The summed E-state index contributed by atoms with van der Waals surface area (Å²) in [5, 5.41) is 9.96. The highest BCUT2D eigenvalue weighted by atomic mass is 16.3. The largest absolute Gasteiger partial charge is 0.388 e. The molecule has 1 rings (SSSR count). The van der Waals surface area contributed by atoms with Gasteiger partial charge < -0.3 is 5.11 Å². The fourth-order valence-corrected chi connectivity index (χ4v) is 1.76. The van der Waals surface area contributed by atoms with Gasteiger partial charge in [-0.3, -0.25) is 0 Å². The highest BCUT2D eigenvalue weighted by molar-refractivity contribution is 5.15. The molecule has 1 nitrogen and oxygen atoms in total. The van der Waals surface area contributed by atoms with E-state index in [0.717, 1.165) is 31.3 Å². The Morgan fingerprint density at radius 1 is 1.38 bits per heavy atom. The molecule has 16 heavy (non-hydrogen) atoms. The third-order valence-electron chi connectivity index (χ3n) is 2.70. The molecule has 86 valence electrons. The Hall–Kier alpha value is -1.30.